The number of fused-ring (bicyclic) bond motifs is 2. The fourth-order valence-corrected chi connectivity index (χ4v) is 4.83. The van der Waals surface area contributed by atoms with E-state index in [-0.39, 0.29) is 17.1 Å². The number of benzene rings is 3. The molecule has 4 aromatic rings. The van der Waals surface area contributed by atoms with Crippen molar-refractivity contribution < 1.29 is 13.9 Å². The van der Waals surface area contributed by atoms with Crippen LogP contribution in [0, 0.1) is 5.92 Å². The van der Waals surface area contributed by atoms with Crippen LogP contribution in [0.1, 0.15) is 53.6 Å². The second kappa shape index (κ2) is 9.70. The molecule has 0 aliphatic carbocycles. The Kier molecular flexibility index (Phi) is 6.48. The first kappa shape index (κ1) is 23.4. The predicted molar refractivity (Wildman–Crippen MR) is 140 cm³/mol. The minimum absolute atomic E-state index is 0.108. The number of hydrogen-bond acceptors (Lipinski definition) is 4. The summed E-state index contributed by atoms with van der Waals surface area (Å²) < 4.78 is 12.8. The van der Waals surface area contributed by atoms with Gasteiger partial charge in [-0.3, -0.25) is 9.59 Å². The van der Waals surface area contributed by atoms with Crippen LogP contribution in [0.2, 0.25) is 0 Å². The van der Waals surface area contributed by atoms with Crippen LogP contribution >= 0.6 is 15.9 Å². The number of amides is 1. The van der Waals surface area contributed by atoms with Crippen LogP contribution < -0.4 is 10.2 Å². The van der Waals surface area contributed by atoms with Crippen molar-refractivity contribution >= 4 is 32.8 Å². The van der Waals surface area contributed by atoms with Crippen LogP contribution in [0.3, 0.4) is 0 Å². The molecule has 3 aromatic carbocycles. The summed E-state index contributed by atoms with van der Waals surface area (Å²) in [5.41, 5.74) is 2.37. The third-order valence-corrected chi connectivity index (χ3v) is 6.75. The number of halogens is 1. The Morgan fingerprint density at radius 2 is 1.80 bits per heavy atom. The number of rotatable bonds is 7. The molecule has 0 saturated heterocycles. The summed E-state index contributed by atoms with van der Waals surface area (Å²) in [6.07, 6.45) is 0.944. The SMILES string of the molecule is CC(C)CCOc1cccc(C2c3c(oc4ccc(Br)cc4c3=O)C(=O)N2Cc2ccccc2)c1. The molecule has 1 amide bonds. The zero-order valence-electron chi connectivity index (χ0n) is 19.7. The Morgan fingerprint density at radius 3 is 2.57 bits per heavy atom. The lowest BCUT2D eigenvalue weighted by Gasteiger charge is -2.25. The minimum atomic E-state index is -0.578. The van der Waals surface area contributed by atoms with E-state index in [0.717, 1.165) is 27.8 Å². The fraction of sp³-hybridized carbons (Fsp3) is 0.241. The third kappa shape index (κ3) is 4.63. The molecular weight excluding hydrogens is 506 g/mol. The van der Waals surface area contributed by atoms with E-state index in [1.54, 1.807) is 23.1 Å². The molecule has 1 aliphatic heterocycles. The van der Waals surface area contributed by atoms with Crippen LogP contribution in [0.15, 0.2) is 86.5 Å². The average molecular weight is 532 g/mol. The topological polar surface area (TPSA) is 59.8 Å². The van der Waals surface area contributed by atoms with E-state index < -0.39 is 6.04 Å². The molecule has 0 fully saturated rings. The number of carbonyl (C=O) groups is 1. The highest BCUT2D eigenvalue weighted by Gasteiger charge is 2.42. The normalized spacial score (nSPS) is 15.1. The van der Waals surface area contributed by atoms with Crippen molar-refractivity contribution in [3.63, 3.8) is 0 Å². The Labute approximate surface area is 212 Å². The maximum absolute atomic E-state index is 13.7. The van der Waals surface area contributed by atoms with Crippen LogP contribution in [-0.4, -0.2) is 17.4 Å². The average Bonchev–Trinajstić information content (AvgIpc) is 3.12. The van der Waals surface area contributed by atoms with Gasteiger partial charge in [0.2, 0.25) is 5.76 Å². The van der Waals surface area contributed by atoms with Crippen molar-refractivity contribution in [2.45, 2.75) is 32.9 Å². The highest BCUT2D eigenvalue weighted by molar-refractivity contribution is 9.10. The zero-order valence-corrected chi connectivity index (χ0v) is 21.2. The molecule has 2 heterocycles. The number of nitrogens with zero attached hydrogens (tertiary/aromatic N) is 1. The molecule has 5 nitrogen and oxygen atoms in total. The molecular formula is C29H26BrNO4. The molecule has 1 unspecified atom stereocenters. The molecule has 1 aromatic heterocycles. The Balaban J connectivity index is 1.63. The molecule has 0 saturated carbocycles. The van der Waals surface area contributed by atoms with E-state index in [2.05, 4.69) is 29.8 Å². The predicted octanol–water partition coefficient (Wildman–Crippen LogP) is 6.73. The van der Waals surface area contributed by atoms with Crippen molar-refractivity contribution in [2.75, 3.05) is 6.61 Å². The third-order valence-electron chi connectivity index (χ3n) is 6.26. The van der Waals surface area contributed by atoms with Gasteiger partial charge in [0.05, 0.1) is 23.6 Å². The highest BCUT2D eigenvalue weighted by Crippen LogP contribution is 2.40. The van der Waals surface area contributed by atoms with Gasteiger partial charge in [0.15, 0.2) is 5.43 Å². The van der Waals surface area contributed by atoms with Crippen LogP contribution in [0.4, 0.5) is 0 Å². The molecule has 0 spiro atoms. The Morgan fingerprint density at radius 1 is 1.00 bits per heavy atom. The molecule has 1 atom stereocenters. The molecule has 0 radical (unpaired) electrons. The molecule has 178 valence electrons. The lowest BCUT2D eigenvalue weighted by atomic mass is 9.98. The molecule has 0 N–H and O–H groups in total. The maximum Gasteiger partial charge on any atom is 0.291 e. The summed E-state index contributed by atoms with van der Waals surface area (Å²) in [5, 5.41) is 0.446. The summed E-state index contributed by atoms with van der Waals surface area (Å²) >= 11 is 3.44. The van der Waals surface area contributed by atoms with Crippen molar-refractivity contribution in [3.8, 4) is 5.75 Å². The van der Waals surface area contributed by atoms with Crippen LogP contribution in [0.5, 0.6) is 5.75 Å². The van der Waals surface area contributed by atoms with Crippen molar-refractivity contribution in [3.05, 3.63) is 110 Å². The first-order valence-corrected chi connectivity index (χ1v) is 12.6. The van der Waals surface area contributed by atoms with Gasteiger partial charge in [-0.25, -0.2) is 0 Å². The quantitative estimate of drug-likeness (QED) is 0.265. The number of hydrogen-bond donors (Lipinski definition) is 0. The van der Waals surface area contributed by atoms with Gasteiger partial charge >= 0.3 is 0 Å². The van der Waals surface area contributed by atoms with Crippen molar-refractivity contribution in [2.24, 2.45) is 5.92 Å². The van der Waals surface area contributed by atoms with E-state index in [4.69, 9.17) is 9.15 Å². The second-order valence-electron chi connectivity index (χ2n) is 9.24. The smallest absolute Gasteiger partial charge is 0.291 e. The summed E-state index contributed by atoms with van der Waals surface area (Å²) in [5.74, 6) is 1.08. The molecule has 1 aliphatic rings. The van der Waals surface area contributed by atoms with Crippen LogP contribution in [-0.2, 0) is 6.54 Å². The van der Waals surface area contributed by atoms with Gasteiger partial charge in [-0.15, -0.1) is 0 Å². The van der Waals surface area contributed by atoms with Gasteiger partial charge in [-0.2, -0.15) is 0 Å². The first-order chi connectivity index (χ1) is 16.9. The number of carbonyl (C=O) groups excluding carboxylic acids is 1. The lowest BCUT2D eigenvalue weighted by Crippen LogP contribution is -2.29. The first-order valence-electron chi connectivity index (χ1n) is 11.8. The van der Waals surface area contributed by atoms with E-state index in [9.17, 15) is 9.59 Å². The molecule has 6 heteroatoms. The summed E-state index contributed by atoms with van der Waals surface area (Å²) in [6.45, 7) is 5.27. The Hall–Kier alpha value is -3.38. The largest absolute Gasteiger partial charge is 0.494 e. The van der Waals surface area contributed by atoms with Gasteiger partial charge in [0.1, 0.15) is 11.3 Å². The molecule has 0 bridgehead atoms. The van der Waals surface area contributed by atoms with E-state index in [1.165, 1.54) is 0 Å². The van der Waals surface area contributed by atoms with Crippen LogP contribution in [0.25, 0.3) is 11.0 Å². The minimum Gasteiger partial charge on any atom is -0.494 e. The van der Waals surface area contributed by atoms with Crippen molar-refractivity contribution in [1.82, 2.24) is 4.90 Å². The highest BCUT2D eigenvalue weighted by atomic mass is 79.9. The monoisotopic (exact) mass is 531 g/mol. The van der Waals surface area contributed by atoms with Gasteiger partial charge in [0, 0.05) is 11.0 Å². The second-order valence-corrected chi connectivity index (χ2v) is 10.2. The van der Waals surface area contributed by atoms with Gasteiger partial charge < -0.3 is 14.1 Å². The summed E-state index contributed by atoms with van der Waals surface area (Å²) in [4.78, 5) is 29.1. The van der Waals surface area contributed by atoms with Gasteiger partial charge in [0.25, 0.3) is 5.91 Å². The van der Waals surface area contributed by atoms with E-state index in [0.29, 0.717) is 35.6 Å². The van der Waals surface area contributed by atoms with Gasteiger partial charge in [-0.05, 0) is 53.8 Å². The van der Waals surface area contributed by atoms with E-state index >= 15 is 0 Å². The molecule has 35 heavy (non-hydrogen) atoms. The molecule has 5 rings (SSSR count). The van der Waals surface area contributed by atoms with Gasteiger partial charge in [-0.1, -0.05) is 72.2 Å². The standard InChI is InChI=1S/C29H26BrNO4/c1-18(2)13-14-34-22-10-6-9-20(15-22)26-25-27(32)23-16-21(30)11-12-24(23)35-28(25)29(33)31(26)17-19-7-4-3-5-8-19/h3-12,15-16,18,26H,13-14,17H2,1-2H3. The zero-order chi connectivity index (χ0) is 24.5. The lowest BCUT2D eigenvalue weighted by molar-refractivity contribution is 0.0714. The van der Waals surface area contributed by atoms with E-state index in [1.807, 2.05) is 54.6 Å². The summed E-state index contributed by atoms with van der Waals surface area (Å²) in [7, 11) is 0. The fourth-order valence-electron chi connectivity index (χ4n) is 4.47. The Bertz CT molecular complexity index is 1440. The number of ether oxygens (including phenoxy) is 1. The van der Waals surface area contributed by atoms with Crippen molar-refractivity contribution in [1.29, 1.82) is 0 Å². The maximum atomic E-state index is 13.7. The summed E-state index contributed by atoms with van der Waals surface area (Å²) in [6, 6.07) is 22.1.